The largest absolute Gasteiger partial charge is 0.303 e. The number of nitrogens with zero attached hydrogens (tertiary/aromatic N) is 2. The van der Waals surface area contributed by atoms with Gasteiger partial charge in [0.2, 0.25) is 0 Å². The van der Waals surface area contributed by atoms with E-state index in [1.54, 1.807) is 12.2 Å². The normalized spacial score (nSPS) is 20.6. The number of piperidine rings is 1. The third-order valence-electron chi connectivity index (χ3n) is 3.53. The second-order valence-electron chi connectivity index (χ2n) is 4.60. The molecule has 2 heteroatoms. The van der Waals surface area contributed by atoms with E-state index in [-0.39, 0.29) is 5.41 Å². The Bertz CT molecular complexity index is 338. The van der Waals surface area contributed by atoms with Crippen molar-refractivity contribution in [2.75, 3.05) is 19.6 Å². The van der Waals surface area contributed by atoms with Crippen molar-refractivity contribution < 1.29 is 0 Å². The van der Waals surface area contributed by atoms with Gasteiger partial charge in [-0.15, -0.1) is 0 Å². The fourth-order valence-corrected chi connectivity index (χ4v) is 2.49. The van der Waals surface area contributed by atoms with Crippen LogP contribution in [0, 0.1) is 16.7 Å². The molecule has 0 aliphatic carbocycles. The Balaban J connectivity index is 2.80. The highest BCUT2D eigenvalue weighted by molar-refractivity contribution is 5.35. The Labute approximate surface area is 105 Å². The summed E-state index contributed by atoms with van der Waals surface area (Å²) in [6, 6.07) is 2.50. The van der Waals surface area contributed by atoms with Gasteiger partial charge in [0.05, 0.1) is 11.5 Å². The molecule has 0 aromatic carbocycles. The first kappa shape index (κ1) is 13.7. The zero-order valence-electron chi connectivity index (χ0n) is 10.8. The minimum absolute atomic E-state index is 0.347. The molecule has 92 valence electrons. The predicted molar refractivity (Wildman–Crippen MR) is 72.5 cm³/mol. The van der Waals surface area contributed by atoms with Crippen molar-refractivity contribution in [2.24, 2.45) is 5.41 Å². The van der Waals surface area contributed by atoms with Gasteiger partial charge in [0.1, 0.15) is 0 Å². The van der Waals surface area contributed by atoms with Gasteiger partial charge in [0.15, 0.2) is 0 Å². The lowest BCUT2D eigenvalue weighted by atomic mass is 9.73. The number of hydrogen-bond donors (Lipinski definition) is 0. The first-order valence-corrected chi connectivity index (χ1v) is 6.31. The second-order valence-corrected chi connectivity index (χ2v) is 4.60. The molecule has 0 aromatic heterocycles. The van der Waals surface area contributed by atoms with Gasteiger partial charge in [-0.2, -0.15) is 5.26 Å². The monoisotopic (exact) mass is 230 g/mol. The molecule has 0 radical (unpaired) electrons. The lowest BCUT2D eigenvalue weighted by Gasteiger charge is -2.38. The van der Waals surface area contributed by atoms with Crippen LogP contribution in [0.3, 0.4) is 0 Å². The van der Waals surface area contributed by atoms with Crippen LogP contribution in [-0.2, 0) is 0 Å². The first-order valence-electron chi connectivity index (χ1n) is 6.31. The number of hydrogen-bond acceptors (Lipinski definition) is 2. The van der Waals surface area contributed by atoms with Crippen LogP contribution in [0.5, 0.6) is 0 Å². The summed E-state index contributed by atoms with van der Waals surface area (Å²) in [6.45, 7) is 12.9. The molecule has 0 unspecified atom stereocenters. The average Bonchev–Trinajstić information content (AvgIpc) is 2.38. The summed E-state index contributed by atoms with van der Waals surface area (Å²) >= 11 is 0. The van der Waals surface area contributed by atoms with Crippen molar-refractivity contribution in [1.82, 2.24) is 4.90 Å². The van der Waals surface area contributed by atoms with E-state index in [1.165, 1.54) is 6.42 Å². The zero-order chi connectivity index (χ0) is 12.7. The Morgan fingerprint density at radius 3 is 2.47 bits per heavy atom. The van der Waals surface area contributed by atoms with Crippen LogP contribution in [0.4, 0.5) is 0 Å². The van der Waals surface area contributed by atoms with Crippen molar-refractivity contribution in [3.05, 3.63) is 37.0 Å². The van der Waals surface area contributed by atoms with Crippen molar-refractivity contribution in [1.29, 1.82) is 5.26 Å². The summed E-state index contributed by atoms with van der Waals surface area (Å²) in [6.07, 6.45) is 8.45. The molecule has 2 nitrogen and oxygen atoms in total. The highest BCUT2D eigenvalue weighted by Gasteiger charge is 2.36. The fraction of sp³-hybridized carbons (Fsp3) is 0.533. The second kappa shape index (κ2) is 6.42. The van der Waals surface area contributed by atoms with E-state index < -0.39 is 0 Å². The van der Waals surface area contributed by atoms with Crippen LogP contribution in [0.25, 0.3) is 0 Å². The molecule has 1 saturated heterocycles. The third-order valence-corrected chi connectivity index (χ3v) is 3.53. The van der Waals surface area contributed by atoms with Crippen LogP contribution >= 0.6 is 0 Å². The van der Waals surface area contributed by atoms with Gasteiger partial charge in [-0.05, 0) is 44.5 Å². The van der Waals surface area contributed by atoms with E-state index in [4.69, 9.17) is 0 Å². The fourth-order valence-electron chi connectivity index (χ4n) is 2.49. The molecule has 1 aliphatic heterocycles. The number of rotatable bonds is 5. The molecule has 0 amide bonds. The Morgan fingerprint density at radius 1 is 1.41 bits per heavy atom. The Hall–Kier alpha value is -1.33. The first-order chi connectivity index (χ1) is 8.22. The van der Waals surface area contributed by atoms with Crippen LogP contribution < -0.4 is 0 Å². The SMILES string of the molecule is C=CC=C(C=C)C1(C#N)CCN(CCC)CC1. The summed E-state index contributed by atoms with van der Waals surface area (Å²) in [7, 11) is 0. The molecule has 1 aliphatic rings. The van der Waals surface area contributed by atoms with Gasteiger partial charge in [-0.3, -0.25) is 0 Å². The lowest BCUT2D eigenvalue weighted by Crippen LogP contribution is -2.40. The maximum absolute atomic E-state index is 9.49. The standard InChI is InChI=1S/C15H22N2/c1-4-7-14(6-3)15(13-16)8-11-17(10-5-2)12-9-15/h4,6-7H,1,3,5,8-12H2,2H3. The van der Waals surface area contributed by atoms with Gasteiger partial charge in [0.25, 0.3) is 0 Å². The molecular formula is C15H22N2. The van der Waals surface area contributed by atoms with Crippen LogP contribution in [0.1, 0.15) is 26.2 Å². The highest BCUT2D eigenvalue weighted by Crippen LogP contribution is 2.38. The number of likely N-dealkylation sites (tertiary alicyclic amines) is 1. The maximum atomic E-state index is 9.49. The minimum Gasteiger partial charge on any atom is -0.303 e. The van der Waals surface area contributed by atoms with Gasteiger partial charge < -0.3 is 4.90 Å². The molecular weight excluding hydrogens is 208 g/mol. The Kier molecular flexibility index (Phi) is 5.18. The predicted octanol–water partition coefficient (Wildman–Crippen LogP) is 3.30. The number of nitriles is 1. The van der Waals surface area contributed by atoms with E-state index >= 15 is 0 Å². The van der Waals surface area contributed by atoms with E-state index in [0.717, 1.165) is 38.0 Å². The smallest absolute Gasteiger partial charge is 0.0846 e. The highest BCUT2D eigenvalue weighted by atomic mass is 15.1. The maximum Gasteiger partial charge on any atom is 0.0846 e. The molecule has 17 heavy (non-hydrogen) atoms. The molecule has 0 atom stereocenters. The number of allylic oxidation sites excluding steroid dienone is 4. The lowest BCUT2D eigenvalue weighted by molar-refractivity contribution is 0.168. The summed E-state index contributed by atoms with van der Waals surface area (Å²) in [4.78, 5) is 2.43. The molecule has 0 bridgehead atoms. The van der Waals surface area contributed by atoms with Gasteiger partial charge in [-0.1, -0.05) is 38.3 Å². The summed E-state index contributed by atoms with van der Waals surface area (Å²) in [5.41, 5.74) is 0.673. The van der Waals surface area contributed by atoms with Crippen LogP contribution in [-0.4, -0.2) is 24.5 Å². The zero-order valence-corrected chi connectivity index (χ0v) is 10.8. The van der Waals surface area contributed by atoms with Crippen molar-refractivity contribution in [3.63, 3.8) is 0 Å². The summed E-state index contributed by atoms with van der Waals surface area (Å²) < 4.78 is 0. The summed E-state index contributed by atoms with van der Waals surface area (Å²) in [5.74, 6) is 0. The van der Waals surface area contributed by atoms with Crippen molar-refractivity contribution in [3.8, 4) is 6.07 Å². The van der Waals surface area contributed by atoms with Gasteiger partial charge in [-0.25, -0.2) is 0 Å². The van der Waals surface area contributed by atoms with E-state index in [1.807, 2.05) is 6.08 Å². The Morgan fingerprint density at radius 2 is 2.06 bits per heavy atom. The molecule has 0 aromatic rings. The molecule has 0 saturated carbocycles. The molecule has 0 N–H and O–H groups in total. The summed E-state index contributed by atoms with van der Waals surface area (Å²) in [5, 5.41) is 9.49. The van der Waals surface area contributed by atoms with Crippen molar-refractivity contribution in [2.45, 2.75) is 26.2 Å². The van der Waals surface area contributed by atoms with Crippen LogP contribution in [0.15, 0.2) is 37.0 Å². The third kappa shape index (κ3) is 3.08. The van der Waals surface area contributed by atoms with Crippen molar-refractivity contribution >= 4 is 0 Å². The minimum atomic E-state index is -0.347. The van der Waals surface area contributed by atoms with Gasteiger partial charge >= 0.3 is 0 Å². The van der Waals surface area contributed by atoms with E-state index in [2.05, 4.69) is 31.1 Å². The topological polar surface area (TPSA) is 27.0 Å². The molecule has 1 heterocycles. The van der Waals surface area contributed by atoms with Crippen LogP contribution in [0.2, 0.25) is 0 Å². The quantitative estimate of drug-likeness (QED) is 0.678. The van der Waals surface area contributed by atoms with E-state index in [9.17, 15) is 5.26 Å². The van der Waals surface area contributed by atoms with Gasteiger partial charge in [0, 0.05) is 0 Å². The molecule has 1 rings (SSSR count). The van der Waals surface area contributed by atoms with E-state index in [0.29, 0.717) is 0 Å². The molecule has 1 fully saturated rings. The average molecular weight is 230 g/mol. The molecule has 0 spiro atoms.